The highest BCUT2D eigenvalue weighted by atomic mass is 15.1. The zero-order valence-electron chi connectivity index (χ0n) is 11.0. The summed E-state index contributed by atoms with van der Waals surface area (Å²) in [6, 6.07) is 6.88. The number of hydrogen-bond acceptors (Lipinski definition) is 2. The molecule has 0 fully saturated rings. The zero-order valence-corrected chi connectivity index (χ0v) is 11.0. The van der Waals surface area contributed by atoms with Gasteiger partial charge < -0.3 is 10.3 Å². The molecular weight excluding hydrogens is 210 g/mol. The van der Waals surface area contributed by atoms with Crippen LogP contribution in [0.2, 0.25) is 0 Å². The van der Waals surface area contributed by atoms with Gasteiger partial charge in [0, 0.05) is 12.1 Å². The number of fused-ring (bicyclic) bond motifs is 1. The van der Waals surface area contributed by atoms with E-state index in [1.165, 1.54) is 11.1 Å². The second-order valence-electron chi connectivity index (χ2n) is 5.26. The van der Waals surface area contributed by atoms with Crippen molar-refractivity contribution >= 4 is 11.0 Å². The Bertz CT molecular complexity index is 511. The fraction of sp³-hybridized carbons (Fsp3) is 0.500. The Balaban J connectivity index is 2.46. The van der Waals surface area contributed by atoms with Crippen molar-refractivity contribution in [2.75, 3.05) is 0 Å². The summed E-state index contributed by atoms with van der Waals surface area (Å²) in [4.78, 5) is 4.45. The maximum absolute atomic E-state index is 6.16. The Morgan fingerprint density at radius 2 is 1.88 bits per heavy atom. The minimum absolute atomic E-state index is 0.0867. The van der Waals surface area contributed by atoms with E-state index in [-0.39, 0.29) is 6.04 Å². The first-order chi connectivity index (χ1) is 8.00. The molecule has 0 aliphatic heterocycles. The molecule has 0 saturated carbocycles. The third kappa shape index (κ3) is 2.20. The molecule has 2 rings (SSSR count). The third-order valence-electron chi connectivity index (χ3n) is 3.26. The van der Waals surface area contributed by atoms with Gasteiger partial charge in [-0.1, -0.05) is 19.9 Å². The molecule has 0 spiro atoms. The predicted molar refractivity (Wildman–Crippen MR) is 71.9 cm³/mol. The van der Waals surface area contributed by atoms with Crippen LogP contribution in [0.25, 0.3) is 11.0 Å². The second-order valence-corrected chi connectivity index (χ2v) is 5.26. The molecule has 17 heavy (non-hydrogen) atoms. The molecule has 0 aliphatic rings. The predicted octanol–water partition coefficient (Wildman–Crippen LogP) is 3.27. The minimum Gasteiger partial charge on any atom is -0.328 e. The Hall–Kier alpha value is -1.35. The van der Waals surface area contributed by atoms with Crippen LogP contribution in [0.4, 0.5) is 0 Å². The molecule has 1 aromatic heterocycles. The van der Waals surface area contributed by atoms with E-state index < -0.39 is 0 Å². The van der Waals surface area contributed by atoms with Crippen molar-refractivity contribution in [3.63, 3.8) is 0 Å². The maximum atomic E-state index is 6.16. The monoisotopic (exact) mass is 231 g/mol. The lowest BCUT2D eigenvalue weighted by Gasteiger charge is -2.16. The largest absolute Gasteiger partial charge is 0.328 e. The molecule has 0 saturated heterocycles. The number of nitrogens with zero attached hydrogens (tertiary/aromatic N) is 2. The topological polar surface area (TPSA) is 43.8 Å². The zero-order chi connectivity index (χ0) is 12.6. The van der Waals surface area contributed by atoms with Crippen LogP contribution in [0.15, 0.2) is 24.5 Å². The molecule has 92 valence electrons. The van der Waals surface area contributed by atoms with Crippen LogP contribution in [0.1, 0.15) is 45.3 Å². The lowest BCUT2D eigenvalue weighted by atomic mass is 9.97. The van der Waals surface area contributed by atoms with Gasteiger partial charge in [-0.25, -0.2) is 4.98 Å². The highest BCUT2D eigenvalue weighted by Crippen LogP contribution is 2.24. The molecule has 1 aromatic carbocycles. The average Bonchev–Trinajstić information content (AvgIpc) is 2.70. The van der Waals surface area contributed by atoms with Crippen LogP contribution in [-0.4, -0.2) is 9.55 Å². The molecule has 0 aliphatic carbocycles. The van der Waals surface area contributed by atoms with Crippen LogP contribution >= 0.6 is 0 Å². The molecule has 1 unspecified atom stereocenters. The van der Waals surface area contributed by atoms with Gasteiger partial charge in [-0.2, -0.15) is 0 Å². The molecule has 3 nitrogen and oxygen atoms in total. The first-order valence-corrected chi connectivity index (χ1v) is 6.22. The van der Waals surface area contributed by atoms with E-state index in [0.717, 1.165) is 5.52 Å². The van der Waals surface area contributed by atoms with Gasteiger partial charge in [0.05, 0.1) is 17.4 Å². The van der Waals surface area contributed by atoms with Gasteiger partial charge >= 0.3 is 0 Å². The lowest BCUT2D eigenvalue weighted by molar-refractivity contribution is 0.514. The maximum Gasteiger partial charge on any atom is 0.0960 e. The highest BCUT2D eigenvalue weighted by molar-refractivity contribution is 5.76. The van der Waals surface area contributed by atoms with Gasteiger partial charge in [0.1, 0.15) is 0 Å². The van der Waals surface area contributed by atoms with Crippen LogP contribution in [-0.2, 0) is 0 Å². The van der Waals surface area contributed by atoms with Crippen molar-refractivity contribution in [3.8, 4) is 0 Å². The molecule has 3 heteroatoms. The smallest absolute Gasteiger partial charge is 0.0960 e. The SMILES string of the molecule is CC(C)C(N)c1ccc2c(c1)ncn2C(C)C. The summed E-state index contributed by atoms with van der Waals surface area (Å²) in [6.45, 7) is 8.60. The van der Waals surface area contributed by atoms with Gasteiger partial charge in [0.15, 0.2) is 0 Å². The standard InChI is InChI=1S/C14H21N3/c1-9(2)14(15)11-5-6-13-12(7-11)16-8-17(13)10(3)4/h5-10,14H,15H2,1-4H3. The molecule has 1 heterocycles. The van der Waals surface area contributed by atoms with Gasteiger partial charge in [0.2, 0.25) is 0 Å². The number of nitrogens with two attached hydrogens (primary N) is 1. The van der Waals surface area contributed by atoms with Crippen molar-refractivity contribution < 1.29 is 0 Å². The van der Waals surface area contributed by atoms with Gasteiger partial charge in [-0.15, -0.1) is 0 Å². The third-order valence-corrected chi connectivity index (χ3v) is 3.26. The van der Waals surface area contributed by atoms with Crippen LogP contribution in [0.5, 0.6) is 0 Å². The molecule has 0 amide bonds. The van der Waals surface area contributed by atoms with Gasteiger partial charge in [0.25, 0.3) is 0 Å². The summed E-state index contributed by atoms with van der Waals surface area (Å²) in [6.07, 6.45) is 1.90. The summed E-state index contributed by atoms with van der Waals surface area (Å²) in [5, 5.41) is 0. The second kappa shape index (κ2) is 4.49. The first-order valence-electron chi connectivity index (χ1n) is 6.22. The van der Waals surface area contributed by atoms with E-state index in [4.69, 9.17) is 5.73 Å². The fourth-order valence-electron chi connectivity index (χ4n) is 2.05. The summed E-state index contributed by atoms with van der Waals surface area (Å²) in [7, 11) is 0. The number of hydrogen-bond donors (Lipinski definition) is 1. The van der Waals surface area contributed by atoms with Crippen LogP contribution < -0.4 is 5.73 Å². The van der Waals surface area contributed by atoms with Crippen molar-refractivity contribution in [1.29, 1.82) is 0 Å². The Labute approximate surface area is 103 Å². The van der Waals surface area contributed by atoms with E-state index in [1.807, 2.05) is 6.33 Å². The number of aromatic nitrogens is 2. The number of benzene rings is 1. The van der Waals surface area contributed by atoms with Crippen molar-refractivity contribution in [2.45, 2.75) is 39.8 Å². The quantitative estimate of drug-likeness (QED) is 0.881. The van der Waals surface area contributed by atoms with Crippen LogP contribution in [0, 0.1) is 5.92 Å². The van der Waals surface area contributed by atoms with Gasteiger partial charge in [-0.3, -0.25) is 0 Å². The molecule has 2 aromatic rings. The summed E-state index contributed by atoms with van der Waals surface area (Å²) < 4.78 is 2.18. The molecule has 0 radical (unpaired) electrons. The van der Waals surface area contributed by atoms with E-state index in [2.05, 4.69) is 55.4 Å². The Morgan fingerprint density at radius 1 is 1.18 bits per heavy atom. The molecule has 2 N–H and O–H groups in total. The van der Waals surface area contributed by atoms with Crippen molar-refractivity contribution in [2.24, 2.45) is 11.7 Å². The fourth-order valence-corrected chi connectivity index (χ4v) is 2.05. The summed E-state index contributed by atoms with van der Waals surface area (Å²) in [5.74, 6) is 0.444. The molecule has 0 bridgehead atoms. The molecular formula is C14H21N3. The van der Waals surface area contributed by atoms with E-state index in [0.29, 0.717) is 12.0 Å². The van der Waals surface area contributed by atoms with Crippen molar-refractivity contribution in [3.05, 3.63) is 30.1 Å². The van der Waals surface area contributed by atoms with Gasteiger partial charge in [-0.05, 0) is 37.5 Å². The number of rotatable bonds is 3. The Kier molecular flexibility index (Phi) is 3.20. The highest BCUT2D eigenvalue weighted by Gasteiger charge is 2.12. The average molecular weight is 231 g/mol. The number of imidazole rings is 1. The summed E-state index contributed by atoms with van der Waals surface area (Å²) in [5.41, 5.74) is 9.54. The lowest BCUT2D eigenvalue weighted by Crippen LogP contribution is -2.16. The summed E-state index contributed by atoms with van der Waals surface area (Å²) >= 11 is 0. The Morgan fingerprint density at radius 3 is 2.47 bits per heavy atom. The van der Waals surface area contributed by atoms with E-state index in [1.54, 1.807) is 0 Å². The van der Waals surface area contributed by atoms with Crippen molar-refractivity contribution in [1.82, 2.24) is 9.55 Å². The first kappa shape index (κ1) is 12.1. The van der Waals surface area contributed by atoms with E-state index >= 15 is 0 Å². The molecule has 1 atom stereocenters. The van der Waals surface area contributed by atoms with E-state index in [9.17, 15) is 0 Å². The minimum atomic E-state index is 0.0867. The normalized spacial score (nSPS) is 13.8. The van der Waals surface area contributed by atoms with Crippen LogP contribution in [0.3, 0.4) is 0 Å².